The van der Waals surface area contributed by atoms with Crippen molar-refractivity contribution in [2.24, 2.45) is 0 Å². The third-order valence-corrected chi connectivity index (χ3v) is 5.38. The number of hydrogen-bond acceptors (Lipinski definition) is 4. The third kappa shape index (κ3) is 4.18. The number of halogens is 1. The summed E-state index contributed by atoms with van der Waals surface area (Å²) in [5.74, 6) is -0.279. The average Bonchev–Trinajstić information content (AvgIpc) is 2.88. The molecule has 0 saturated carbocycles. The number of nitro groups is 1. The largest absolute Gasteiger partial charge is 0.387 e. The topological polar surface area (TPSA) is 66.6 Å². The molecule has 6 heteroatoms. The molecule has 0 bridgehead atoms. The van der Waals surface area contributed by atoms with Gasteiger partial charge in [0.15, 0.2) is 0 Å². The number of nitro benzene ring substituents is 1. The number of rotatable bonds is 4. The van der Waals surface area contributed by atoms with E-state index in [-0.39, 0.29) is 11.5 Å². The SMILES string of the molecule is O=[N+]([O-])c1ccc2c(c1)C(O)CN(Cc1ccc(-c3ccccc3)cc1F)CC2. The van der Waals surface area contributed by atoms with Gasteiger partial charge in [-0.15, -0.1) is 0 Å². The minimum absolute atomic E-state index is 0.0289. The first-order valence-electron chi connectivity index (χ1n) is 9.53. The van der Waals surface area contributed by atoms with E-state index in [1.54, 1.807) is 12.1 Å². The highest BCUT2D eigenvalue weighted by Crippen LogP contribution is 2.29. The van der Waals surface area contributed by atoms with Crippen LogP contribution in [0, 0.1) is 15.9 Å². The van der Waals surface area contributed by atoms with Crippen molar-refractivity contribution in [2.45, 2.75) is 19.1 Å². The first-order valence-corrected chi connectivity index (χ1v) is 9.53. The van der Waals surface area contributed by atoms with Gasteiger partial charge in [0.25, 0.3) is 5.69 Å². The van der Waals surface area contributed by atoms with E-state index in [1.165, 1.54) is 18.2 Å². The molecule has 3 aromatic rings. The van der Waals surface area contributed by atoms with E-state index in [0.717, 1.165) is 16.7 Å². The normalized spacial score (nSPS) is 16.8. The monoisotopic (exact) mass is 392 g/mol. The van der Waals surface area contributed by atoms with E-state index in [1.807, 2.05) is 41.3 Å². The Morgan fingerprint density at radius 3 is 2.59 bits per heavy atom. The second kappa shape index (κ2) is 8.11. The standard InChI is InChI=1S/C23H21FN2O3/c24-22-12-18(16-4-2-1-3-5-16)6-7-19(22)14-25-11-10-17-8-9-20(26(28)29)13-21(17)23(27)15-25/h1-9,12-13,23,27H,10-11,14-15H2. The van der Waals surface area contributed by atoms with Crippen molar-refractivity contribution in [1.82, 2.24) is 4.90 Å². The lowest BCUT2D eigenvalue weighted by atomic mass is 10.0. The van der Waals surface area contributed by atoms with E-state index in [4.69, 9.17) is 0 Å². The number of hydrogen-bond donors (Lipinski definition) is 1. The van der Waals surface area contributed by atoms with E-state index >= 15 is 0 Å². The van der Waals surface area contributed by atoms with Crippen LogP contribution < -0.4 is 0 Å². The van der Waals surface area contributed by atoms with Gasteiger partial charge in [-0.3, -0.25) is 15.0 Å². The number of benzene rings is 3. The Hall–Kier alpha value is -3.09. The molecule has 1 unspecified atom stereocenters. The van der Waals surface area contributed by atoms with E-state index in [0.29, 0.717) is 37.2 Å². The Labute approximate surface area is 168 Å². The lowest BCUT2D eigenvalue weighted by Crippen LogP contribution is -2.28. The van der Waals surface area contributed by atoms with Crippen LogP contribution >= 0.6 is 0 Å². The molecule has 1 aliphatic rings. The Bertz CT molecular complexity index is 1040. The number of β-amino-alcohol motifs (C(OH)–C–C–N with tert-alkyl or cyclic N) is 1. The molecule has 0 fully saturated rings. The van der Waals surface area contributed by atoms with Gasteiger partial charge in [0.05, 0.1) is 11.0 Å². The minimum atomic E-state index is -0.848. The van der Waals surface area contributed by atoms with Gasteiger partial charge in [-0.05, 0) is 34.7 Å². The van der Waals surface area contributed by atoms with Gasteiger partial charge in [0, 0.05) is 37.3 Å². The molecule has 29 heavy (non-hydrogen) atoms. The summed E-state index contributed by atoms with van der Waals surface area (Å²) in [6.07, 6.45) is -0.201. The molecule has 1 heterocycles. The van der Waals surface area contributed by atoms with Crippen LogP contribution in [0.3, 0.4) is 0 Å². The molecular weight excluding hydrogens is 371 g/mol. The smallest absolute Gasteiger partial charge is 0.269 e. The summed E-state index contributed by atoms with van der Waals surface area (Å²) in [6, 6.07) is 19.5. The molecule has 0 aromatic heterocycles. The first kappa shape index (κ1) is 19.2. The Kier molecular flexibility index (Phi) is 5.38. The van der Waals surface area contributed by atoms with Crippen molar-refractivity contribution >= 4 is 5.69 Å². The molecular formula is C23H21FN2O3. The summed E-state index contributed by atoms with van der Waals surface area (Å²) in [7, 11) is 0. The molecule has 0 aliphatic carbocycles. The van der Waals surface area contributed by atoms with Crippen LogP contribution in [0.1, 0.15) is 22.8 Å². The summed E-state index contributed by atoms with van der Waals surface area (Å²) in [5, 5.41) is 21.6. The average molecular weight is 392 g/mol. The summed E-state index contributed by atoms with van der Waals surface area (Å²) >= 11 is 0. The zero-order valence-electron chi connectivity index (χ0n) is 15.8. The highest BCUT2D eigenvalue weighted by Gasteiger charge is 2.24. The van der Waals surface area contributed by atoms with Gasteiger partial charge in [0.1, 0.15) is 5.82 Å². The number of aliphatic hydroxyl groups excluding tert-OH is 1. The number of non-ortho nitro benzene ring substituents is 1. The second-order valence-electron chi connectivity index (χ2n) is 7.31. The van der Waals surface area contributed by atoms with Gasteiger partial charge < -0.3 is 5.11 Å². The molecule has 0 saturated heterocycles. The van der Waals surface area contributed by atoms with Crippen molar-refractivity contribution in [3.8, 4) is 11.1 Å². The molecule has 4 rings (SSSR count). The number of nitrogens with zero attached hydrogens (tertiary/aromatic N) is 2. The highest BCUT2D eigenvalue weighted by molar-refractivity contribution is 5.63. The Morgan fingerprint density at radius 1 is 1.07 bits per heavy atom. The molecule has 0 amide bonds. The predicted octanol–water partition coefficient (Wildman–Crippen LogP) is 4.49. The van der Waals surface area contributed by atoms with Crippen LogP contribution in [0.4, 0.5) is 10.1 Å². The zero-order valence-corrected chi connectivity index (χ0v) is 15.8. The van der Waals surface area contributed by atoms with Crippen molar-refractivity contribution < 1.29 is 14.4 Å². The van der Waals surface area contributed by atoms with Crippen LogP contribution in [0.2, 0.25) is 0 Å². The minimum Gasteiger partial charge on any atom is -0.387 e. The maximum atomic E-state index is 14.7. The lowest BCUT2D eigenvalue weighted by molar-refractivity contribution is -0.385. The first-order chi connectivity index (χ1) is 14.0. The molecule has 0 spiro atoms. The summed E-state index contributed by atoms with van der Waals surface area (Å²) < 4.78 is 14.7. The van der Waals surface area contributed by atoms with Crippen molar-refractivity contribution in [3.63, 3.8) is 0 Å². The van der Waals surface area contributed by atoms with Crippen molar-refractivity contribution in [2.75, 3.05) is 13.1 Å². The van der Waals surface area contributed by atoms with Crippen LogP contribution in [-0.2, 0) is 13.0 Å². The van der Waals surface area contributed by atoms with Gasteiger partial charge in [-0.25, -0.2) is 4.39 Å². The second-order valence-corrected chi connectivity index (χ2v) is 7.31. The highest BCUT2D eigenvalue weighted by atomic mass is 19.1. The third-order valence-electron chi connectivity index (χ3n) is 5.38. The van der Waals surface area contributed by atoms with Crippen LogP contribution in [0.15, 0.2) is 66.7 Å². The molecule has 5 nitrogen and oxygen atoms in total. The molecule has 1 atom stereocenters. The van der Waals surface area contributed by atoms with Crippen molar-refractivity contribution in [3.05, 3.63) is 99.4 Å². The maximum absolute atomic E-state index is 14.7. The molecule has 0 radical (unpaired) electrons. The summed E-state index contributed by atoms with van der Waals surface area (Å²) in [4.78, 5) is 12.5. The number of aliphatic hydroxyl groups is 1. The van der Waals surface area contributed by atoms with Gasteiger partial charge in [0.2, 0.25) is 0 Å². The van der Waals surface area contributed by atoms with Crippen molar-refractivity contribution in [1.29, 1.82) is 0 Å². The fourth-order valence-corrected chi connectivity index (χ4v) is 3.82. The predicted molar refractivity (Wildman–Crippen MR) is 109 cm³/mol. The van der Waals surface area contributed by atoms with E-state index in [9.17, 15) is 19.6 Å². The lowest BCUT2D eigenvalue weighted by Gasteiger charge is -2.22. The van der Waals surface area contributed by atoms with Gasteiger partial charge in [-0.1, -0.05) is 48.5 Å². The van der Waals surface area contributed by atoms with Crippen LogP contribution in [0.25, 0.3) is 11.1 Å². The van der Waals surface area contributed by atoms with E-state index in [2.05, 4.69) is 0 Å². The van der Waals surface area contributed by atoms with Crippen LogP contribution in [0.5, 0.6) is 0 Å². The van der Waals surface area contributed by atoms with Gasteiger partial charge in [-0.2, -0.15) is 0 Å². The summed E-state index contributed by atoms with van der Waals surface area (Å²) in [5.41, 5.74) is 3.79. The fourth-order valence-electron chi connectivity index (χ4n) is 3.82. The zero-order chi connectivity index (χ0) is 20.4. The van der Waals surface area contributed by atoms with E-state index < -0.39 is 11.0 Å². The summed E-state index contributed by atoms with van der Waals surface area (Å²) in [6.45, 7) is 1.31. The maximum Gasteiger partial charge on any atom is 0.269 e. The number of fused-ring (bicyclic) bond motifs is 1. The molecule has 1 aliphatic heterocycles. The Morgan fingerprint density at radius 2 is 1.86 bits per heavy atom. The molecule has 1 N–H and O–H groups in total. The molecule has 3 aromatic carbocycles. The fraction of sp³-hybridized carbons (Fsp3) is 0.217. The Balaban J connectivity index is 1.51. The van der Waals surface area contributed by atoms with Crippen LogP contribution in [-0.4, -0.2) is 28.0 Å². The van der Waals surface area contributed by atoms with Gasteiger partial charge >= 0.3 is 0 Å². The molecule has 148 valence electrons. The quantitative estimate of drug-likeness (QED) is 0.525.